The zero-order chi connectivity index (χ0) is 27.2. The minimum atomic E-state index is -0.0917. The number of rotatable bonds is 10. The Morgan fingerprint density at radius 1 is 0.595 bits per heavy atom. The Kier molecular flexibility index (Phi) is 7.76. The first-order valence-corrected chi connectivity index (χ1v) is 14.1. The molecule has 2 aliphatic heterocycles. The summed E-state index contributed by atoms with van der Waals surface area (Å²) in [7, 11) is 0. The molecule has 2 aromatic carbocycles. The van der Waals surface area contributed by atoms with E-state index in [4.69, 9.17) is 14.2 Å². The Labute approximate surface area is 226 Å². The van der Waals surface area contributed by atoms with E-state index in [1.807, 2.05) is 0 Å². The molecule has 0 saturated carbocycles. The van der Waals surface area contributed by atoms with E-state index in [9.17, 15) is 0 Å². The van der Waals surface area contributed by atoms with Crippen LogP contribution in [0.3, 0.4) is 0 Å². The molecular formula is C34H50O3. The van der Waals surface area contributed by atoms with E-state index in [0.29, 0.717) is 0 Å². The Hall–Kier alpha value is -1.68. The summed E-state index contributed by atoms with van der Waals surface area (Å²) in [6.45, 7) is 24.8. The van der Waals surface area contributed by atoms with Gasteiger partial charge in [0.2, 0.25) is 0 Å². The molecule has 204 valence electrons. The highest BCUT2D eigenvalue weighted by molar-refractivity contribution is 5.32. The van der Waals surface area contributed by atoms with Crippen LogP contribution in [0.2, 0.25) is 0 Å². The summed E-state index contributed by atoms with van der Waals surface area (Å²) in [5.41, 5.74) is 5.92. The molecule has 0 N–H and O–H groups in total. The Balaban J connectivity index is 1.52. The van der Waals surface area contributed by atoms with Crippen molar-refractivity contribution in [2.24, 2.45) is 10.8 Å². The maximum Gasteiger partial charge on any atom is 0.112 e. The van der Waals surface area contributed by atoms with E-state index >= 15 is 0 Å². The fraction of sp³-hybridized carbons (Fsp3) is 0.647. The van der Waals surface area contributed by atoms with Gasteiger partial charge < -0.3 is 14.2 Å². The fourth-order valence-electron chi connectivity index (χ4n) is 6.48. The summed E-state index contributed by atoms with van der Waals surface area (Å²) >= 11 is 0. The Bertz CT molecular complexity index is 941. The molecule has 3 nitrogen and oxygen atoms in total. The van der Waals surface area contributed by atoms with Crippen LogP contribution in [0.1, 0.15) is 117 Å². The van der Waals surface area contributed by atoms with E-state index in [-0.39, 0.29) is 46.1 Å². The molecule has 0 radical (unpaired) electrons. The molecule has 0 amide bonds. The normalized spacial score (nSPS) is 22.0. The van der Waals surface area contributed by atoms with Crippen molar-refractivity contribution in [2.45, 2.75) is 117 Å². The SMILES string of the molecule is CC(C)(C)CC(C)(C)c1ccc(C(OC(c2ccc(C(C)(C)CC(C)(C)C)cc2)C2CO2)C2CO2)cc1. The second-order valence-corrected chi connectivity index (χ2v) is 15.2. The first kappa shape index (κ1) is 28.3. The van der Waals surface area contributed by atoms with Gasteiger partial charge >= 0.3 is 0 Å². The molecule has 2 aliphatic rings. The summed E-state index contributed by atoms with van der Waals surface area (Å²) in [6, 6.07) is 18.1. The molecule has 4 atom stereocenters. The van der Waals surface area contributed by atoms with Crippen LogP contribution in [0.25, 0.3) is 0 Å². The fourth-order valence-corrected chi connectivity index (χ4v) is 6.48. The maximum absolute atomic E-state index is 6.83. The average molecular weight is 507 g/mol. The molecular weight excluding hydrogens is 456 g/mol. The average Bonchev–Trinajstić information content (AvgIpc) is 3.65. The number of hydrogen-bond donors (Lipinski definition) is 0. The standard InChI is InChI=1S/C34H50O3/c1-31(2,3)21-33(7,8)25-15-11-23(12-16-25)29(27-19-35-27)37-30(28-20-36-28)24-13-17-26(18-14-24)34(9,10)22-32(4,5)6/h11-18,27-30H,19-22H2,1-10H3. The molecule has 2 saturated heterocycles. The first-order valence-electron chi connectivity index (χ1n) is 14.1. The van der Waals surface area contributed by atoms with Gasteiger partial charge in [0.25, 0.3) is 0 Å². The van der Waals surface area contributed by atoms with Gasteiger partial charge in [0.05, 0.1) is 13.2 Å². The molecule has 2 fully saturated rings. The third-order valence-electron chi connectivity index (χ3n) is 7.67. The first-order chi connectivity index (χ1) is 17.0. The summed E-state index contributed by atoms with van der Waals surface area (Å²) in [5, 5.41) is 0. The van der Waals surface area contributed by atoms with Gasteiger partial charge in [-0.05, 0) is 56.8 Å². The molecule has 4 rings (SSSR count). The van der Waals surface area contributed by atoms with Crippen molar-refractivity contribution in [3.8, 4) is 0 Å². The lowest BCUT2D eigenvalue weighted by molar-refractivity contribution is -0.0419. The monoisotopic (exact) mass is 506 g/mol. The van der Waals surface area contributed by atoms with Crippen molar-refractivity contribution >= 4 is 0 Å². The van der Waals surface area contributed by atoms with Crippen molar-refractivity contribution < 1.29 is 14.2 Å². The Morgan fingerprint density at radius 2 is 0.892 bits per heavy atom. The van der Waals surface area contributed by atoms with E-state index in [0.717, 1.165) is 26.1 Å². The highest BCUT2D eigenvalue weighted by Gasteiger charge is 2.42. The smallest absolute Gasteiger partial charge is 0.112 e. The minimum absolute atomic E-state index is 0.0917. The molecule has 0 bridgehead atoms. The Morgan fingerprint density at radius 3 is 1.14 bits per heavy atom. The third-order valence-corrected chi connectivity index (χ3v) is 7.67. The lowest BCUT2D eigenvalue weighted by atomic mass is 9.72. The van der Waals surface area contributed by atoms with Crippen molar-refractivity contribution in [3.63, 3.8) is 0 Å². The van der Waals surface area contributed by atoms with Gasteiger partial charge in [-0.1, -0.05) is 118 Å². The minimum Gasteiger partial charge on any atom is -0.370 e. The lowest BCUT2D eigenvalue weighted by Gasteiger charge is -2.33. The van der Waals surface area contributed by atoms with Crippen LogP contribution in [-0.2, 0) is 25.0 Å². The number of benzene rings is 2. The van der Waals surface area contributed by atoms with Crippen LogP contribution >= 0.6 is 0 Å². The van der Waals surface area contributed by atoms with E-state index < -0.39 is 0 Å². The summed E-state index contributed by atoms with van der Waals surface area (Å²) in [4.78, 5) is 0. The zero-order valence-electron chi connectivity index (χ0n) is 25.0. The summed E-state index contributed by atoms with van der Waals surface area (Å²) in [6.07, 6.45) is 2.31. The predicted octanol–water partition coefficient (Wildman–Crippen LogP) is 8.71. The van der Waals surface area contributed by atoms with Gasteiger partial charge in [0, 0.05) is 0 Å². The van der Waals surface area contributed by atoms with Gasteiger partial charge in [-0.15, -0.1) is 0 Å². The largest absolute Gasteiger partial charge is 0.370 e. The van der Waals surface area contributed by atoms with E-state index in [1.165, 1.54) is 22.3 Å². The van der Waals surface area contributed by atoms with Crippen LogP contribution in [-0.4, -0.2) is 25.4 Å². The molecule has 0 aliphatic carbocycles. The quantitative estimate of drug-likeness (QED) is 0.302. The molecule has 2 heterocycles. The molecule has 2 aromatic rings. The molecule has 3 heteroatoms. The third kappa shape index (κ3) is 7.68. The van der Waals surface area contributed by atoms with Gasteiger partial charge in [0.15, 0.2) is 0 Å². The molecule has 0 spiro atoms. The van der Waals surface area contributed by atoms with Crippen LogP contribution in [0.4, 0.5) is 0 Å². The van der Waals surface area contributed by atoms with Crippen molar-refractivity contribution in [1.82, 2.24) is 0 Å². The van der Waals surface area contributed by atoms with Gasteiger partial charge in [-0.3, -0.25) is 0 Å². The summed E-state index contributed by atoms with van der Waals surface area (Å²) in [5.74, 6) is 0. The molecule has 0 aromatic heterocycles. The van der Waals surface area contributed by atoms with Gasteiger partial charge in [0.1, 0.15) is 24.4 Å². The predicted molar refractivity (Wildman–Crippen MR) is 153 cm³/mol. The van der Waals surface area contributed by atoms with Gasteiger partial charge in [-0.25, -0.2) is 0 Å². The number of hydrogen-bond acceptors (Lipinski definition) is 3. The van der Waals surface area contributed by atoms with Crippen molar-refractivity contribution in [2.75, 3.05) is 13.2 Å². The molecule has 37 heavy (non-hydrogen) atoms. The second-order valence-electron chi connectivity index (χ2n) is 15.2. The van der Waals surface area contributed by atoms with Crippen LogP contribution < -0.4 is 0 Å². The zero-order valence-corrected chi connectivity index (χ0v) is 25.0. The van der Waals surface area contributed by atoms with Gasteiger partial charge in [-0.2, -0.15) is 0 Å². The van der Waals surface area contributed by atoms with E-state index in [1.54, 1.807) is 0 Å². The number of ether oxygens (including phenoxy) is 3. The van der Waals surface area contributed by atoms with Crippen molar-refractivity contribution in [3.05, 3.63) is 70.8 Å². The van der Waals surface area contributed by atoms with E-state index in [2.05, 4.69) is 118 Å². The highest BCUT2D eigenvalue weighted by Crippen LogP contribution is 2.43. The highest BCUT2D eigenvalue weighted by atomic mass is 16.6. The van der Waals surface area contributed by atoms with Crippen LogP contribution in [0.15, 0.2) is 48.5 Å². The topological polar surface area (TPSA) is 34.3 Å². The number of epoxide rings is 2. The van der Waals surface area contributed by atoms with Crippen LogP contribution in [0, 0.1) is 10.8 Å². The molecule has 4 unspecified atom stereocenters. The van der Waals surface area contributed by atoms with Crippen LogP contribution in [0.5, 0.6) is 0 Å². The second kappa shape index (κ2) is 10.1. The maximum atomic E-state index is 6.83. The lowest BCUT2D eigenvalue weighted by Crippen LogP contribution is -2.25. The van der Waals surface area contributed by atoms with Crippen molar-refractivity contribution in [1.29, 1.82) is 0 Å². The summed E-state index contributed by atoms with van der Waals surface area (Å²) < 4.78 is 18.4.